The van der Waals surface area contributed by atoms with E-state index in [0.29, 0.717) is 15.6 Å². The topological polar surface area (TPSA) is 46.0 Å². The highest BCUT2D eigenvalue weighted by Crippen LogP contribution is 2.09. The summed E-state index contributed by atoms with van der Waals surface area (Å²) in [6.45, 7) is 0. The number of aromatic nitrogens is 4. The molecule has 2 aromatic heterocycles. The molecule has 0 aromatic carbocycles. The van der Waals surface area contributed by atoms with Crippen LogP contribution in [0.5, 0.6) is 0 Å². The zero-order chi connectivity index (χ0) is 7.84. The molecule has 0 spiro atoms. The van der Waals surface area contributed by atoms with Crippen molar-refractivity contribution in [1.29, 1.82) is 0 Å². The van der Waals surface area contributed by atoms with Crippen LogP contribution in [0.25, 0.3) is 5.65 Å². The highest BCUT2D eigenvalue weighted by Gasteiger charge is 2.00. The lowest BCUT2D eigenvalue weighted by molar-refractivity contribution is 1.07. The van der Waals surface area contributed by atoms with E-state index >= 15 is 0 Å². The van der Waals surface area contributed by atoms with Crippen molar-refractivity contribution in [3.05, 3.63) is 22.3 Å². The van der Waals surface area contributed by atoms with Gasteiger partial charge in [-0.2, -0.15) is 5.10 Å². The number of nitrogens with one attached hydrogen (secondary N) is 1. The molecular weight excluding hydrogens is 184 g/mol. The van der Waals surface area contributed by atoms with E-state index in [0.717, 1.165) is 0 Å². The summed E-state index contributed by atoms with van der Waals surface area (Å²) >= 11 is 10.6. The van der Waals surface area contributed by atoms with Crippen molar-refractivity contribution in [3.63, 3.8) is 0 Å². The summed E-state index contributed by atoms with van der Waals surface area (Å²) in [6, 6.07) is 0. The van der Waals surface area contributed by atoms with E-state index in [1.54, 1.807) is 16.8 Å². The first kappa shape index (κ1) is 6.75. The standard InChI is InChI=1S/C5H3ClN4S/c6-3-4-8-9-5(11)10(4)2-1-7-3/h1-2H,(H,9,11). The molecule has 0 bridgehead atoms. The third-order valence-electron chi connectivity index (χ3n) is 1.29. The normalized spacial score (nSPS) is 10.6. The quantitative estimate of drug-likeness (QED) is 0.634. The third-order valence-corrected chi connectivity index (χ3v) is 1.85. The van der Waals surface area contributed by atoms with Crippen LogP contribution in [0.15, 0.2) is 12.4 Å². The van der Waals surface area contributed by atoms with Gasteiger partial charge in [0.2, 0.25) is 0 Å². The lowest BCUT2D eigenvalue weighted by atomic mass is 10.7. The Hall–Kier alpha value is -0.940. The van der Waals surface area contributed by atoms with Crippen molar-refractivity contribution in [2.45, 2.75) is 0 Å². The number of hydrogen-bond acceptors (Lipinski definition) is 3. The van der Waals surface area contributed by atoms with Gasteiger partial charge in [-0.1, -0.05) is 11.6 Å². The molecule has 0 radical (unpaired) electrons. The van der Waals surface area contributed by atoms with Gasteiger partial charge < -0.3 is 0 Å². The van der Waals surface area contributed by atoms with Gasteiger partial charge in [-0.25, -0.2) is 4.98 Å². The third kappa shape index (κ3) is 0.928. The van der Waals surface area contributed by atoms with Crippen molar-refractivity contribution in [2.75, 3.05) is 0 Å². The van der Waals surface area contributed by atoms with Crippen LogP contribution in [0.4, 0.5) is 0 Å². The molecule has 56 valence electrons. The van der Waals surface area contributed by atoms with E-state index in [1.165, 1.54) is 0 Å². The van der Waals surface area contributed by atoms with Gasteiger partial charge in [0.05, 0.1) is 0 Å². The Balaban J connectivity index is 3.06. The van der Waals surface area contributed by atoms with Crippen molar-refractivity contribution in [1.82, 2.24) is 19.6 Å². The number of fused-ring (bicyclic) bond motifs is 1. The minimum atomic E-state index is 0.347. The molecule has 0 saturated heterocycles. The summed E-state index contributed by atoms with van der Waals surface area (Å²) in [5.41, 5.74) is 0.555. The van der Waals surface area contributed by atoms with Crippen molar-refractivity contribution >= 4 is 29.5 Å². The van der Waals surface area contributed by atoms with Gasteiger partial charge in [0.15, 0.2) is 15.6 Å². The van der Waals surface area contributed by atoms with E-state index in [1.807, 2.05) is 0 Å². The van der Waals surface area contributed by atoms with Gasteiger partial charge in [0.25, 0.3) is 0 Å². The van der Waals surface area contributed by atoms with Crippen LogP contribution in [0.1, 0.15) is 0 Å². The fourth-order valence-corrected chi connectivity index (χ4v) is 1.19. The maximum Gasteiger partial charge on any atom is 0.199 e. The fourth-order valence-electron chi connectivity index (χ4n) is 0.812. The van der Waals surface area contributed by atoms with Gasteiger partial charge in [0.1, 0.15) is 0 Å². The van der Waals surface area contributed by atoms with Gasteiger partial charge in [0, 0.05) is 12.4 Å². The lowest BCUT2D eigenvalue weighted by Crippen LogP contribution is -1.86. The predicted molar refractivity (Wildman–Crippen MR) is 43.2 cm³/mol. The first-order valence-electron chi connectivity index (χ1n) is 2.86. The van der Waals surface area contributed by atoms with Gasteiger partial charge in [-0.3, -0.25) is 9.50 Å². The molecule has 0 amide bonds. The van der Waals surface area contributed by atoms with Gasteiger partial charge in [-0.05, 0) is 12.2 Å². The molecule has 4 nitrogen and oxygen atoms in total. The Labute approximate surface area is 71.8 Å². The first-order valence-corrected chi connectivity index (χ1v) is 3.65. The Kier molecular flexibility index (Phi) is 1.40. The Morgan fingerprint density at radius 1 is 1.64 bits per heavy atom. The molecule has 6 heteroatoms. The molecule has 0 aliphatic heterocycles. The molecule has 2 rings (SSSR count). The van der Waals surface area contributed by atoms with Crippen molar-refractivity contribution in [3.8, 4) is 0 Å². The molecule has 0 atom stereocenters. The molecule has 0 aliphatic rings. The molecule has 2 heterocycles. The van der Waals surface area contributed by atoms with Crippen LogP contribution in [-0.2, 0) is 0 Å². The summed E-state index contributed by atoms with van der Waals surface area (Å²) < 4.78 is 2.18. The van der Waals surface area contributed by atoms with Crippen molar-refractivity contribution in [2.24, 2.45) is 0 Å². The van der Waals surface area contributed by atoms with Crippen LogP contribution in [-0.4, -0.2) is 19.6 Å². The zero-order valence-corrected chi connectivity index (χ0v) is 6.85. The molecule has 2 aromatic rings. The largest absolute Gasteiger partial charge is 0.271 e. The minimum Gasteiger partial charge on any atom is -0.271 e. The number of nitrogens with zero attached hydrogens (tertiary/aromatic N) is 3. The van der Waals surface area contributed by atoms with E-state index in [9.17, 15) is 0 Å². The second-order valence-electron chi connectivity index (χ2n) is 1.94. The maximum absolute atomic E-state index is 5.71. The molecule has 11 heavy (non-hydrogen) atoms. The summed E-state index contributed by atoms with van der Waals surface area (Å²) in [4.78, 5) is 3.84. The Morgan fingerprint density at radius 3 is 3.18 bits per heavy atom. The van der Waals surface area contributed by atoms with E-state index in [-0.39, 0.29) is 0 Å². The Morgan fingerprint density at radius 2 is 2.45 bits per heavy atom. The van der Waals surface area contributed by atoms with Crippen LogP contribution in [0.2, 0.25) is 5.15 Å². The van der Waals surface area contributed by atoms with Crippen molar-refractivity contribution < 1.29 is 0 Å². The molecule has 0 aliphatic carbocycles. The number of hydrogen-bond donors (Lipinski definition) is 1. The summed E-state index contributed by atoms with van der Waals surface area (Å²) in [6.07, 6.45) is 3.27. The monoisotopic (exact) mass is 186 g/mol. The molecule has 0 unspecified atom stereocenters. The predicted octanol–water partition coefficient (Wildman–Crippen LogP) is 1.44. The van der Waals surface area contributed by atoms with Gasteiger partial charge >= 0.3 is 0 Å². The van der Waals surface area contributed by atoms with E-state index in [4.69, 9.17) is 23.8 Å². The highest BCUT2D eigenvalue weighted by molar-refractivity contribution is 7.71. The molecule has 0 fully saturated rings. The fraction of sp³-hybridized carbons (Fsp3) is 0. The maximum atomic E-state index is 5.71. The smallest absolute Gasteiger partial charge is 0.199 e. The van der Waals surface area contributed by atoms with Crippen LogP contribution in [0.3, 0.4) is 0 Å². The average molecular weight is 187 g/mol. The second-order valence-corrected chi connectivity index (χ2v) is 2.69. The first-order chi connectivity index (χ1) is 5.29. The number of rotatable bonds is 0. The molecular formula is C5H3ClN4S. The highest BCUT2D eigenvalue weighted by atomic mass is 35.5. The zero-order valence-electron chi connectivity index (χ0n) is 5.28. The minimum absolute atomic E-state index is 0.347. The van der Waals surface area contributed by atoms with Crippen LogP contribution >= 0.6 is 23.8 Å². The Bertz CT molecular complexity index is 445. The summed E-state index contributed by atoms with van der Waals surface area (Å²) in [5.74, 6) is 0. The van der Waals surface area contributed by atoms with Crippen LogP contribution < -0.4 is 0 Å². The van der Waals surface area contributed by atoms with E-state index in [2.05, 4.69) is 15.2 Å². The second kappa shape index (κ2) is 2.28. The number of halogens is 1. The molecule has 0 saturated carbocycles. The SMILES string of the molecule is S=c1[nH]nc2c(Cl)nccn12. The molecule has 1 N–H and O–H groups in total. The summed E-state index contributed by atoms with van der Waals surface area (Å²) in [5, 5.41) is 6.82. The summed E-state index contributed by atoms with van der Waals surface area (Å²) in [7, 11) is 0. The van der Waals surface area contributed by atoms with E-state index < -0.39 is 0 Å². The lowest BCUT2D eigenvalue weighted by Gasteiger charge is -1.90. The van der Waals surface area contributed by atoms with Gasteiger partial charge in [-0.15, -0.1) is 0 Å². The number of H-pyrrole nitrogens is 1. The average Bonchev–Trinajstić information content (AvgIpc) is 2.35. The number of aromatic amines is 1. The van der Waals surface area contributed by atoms with Crippen LogP contribution in [0, 0.1) is 4.77 Å².